The van der Waals surface area contributed by atoms with Crippen LogP contribution in [0.4, 0.5) is 0 Å². The topological polar surface area (TPSA) is 57.0 Å². The smallest absolute Gasteiger partial charge is 0.233 e. The molecule has 5 heteroatoms. The highest BCUT2D eigenvalue weighted by Crippen LogP contribution is 2.29. The molecule has 140 valence electrons. The molecule has 1 aliphatic rings. The second-order valence-electron chi connectivity index (χ2n) is 7.52. The monoisotopic (exact) mass is 379 g/mol. The van der Waals surface area contributed by atoms with Crippen LogP contribution in [0.2, 0.25) is 0 Å². The molecule has 2 heterocycles. The molecule has 0 N–H and O–H groups in total. The van der Waals surface area contributed by atoms with Crippen molar-refractivity contribution in [3.63, 3.8) is 0 Å². The average Bonchev–Trinajstić information content (AvgIpc) is 2.66. The van der Waals surface area contributed by atoms with Crippen LogP contribution in [0.1, 0.15) is 31.4 Å². The van der Waals surface area contributed by atoms with Crippen molar-refractivity contribution in [2.45, 2.75) is 32.2 Å². The van der Waals surface area contributed by atoms with Gasteiger partial charge in [0.2, 0.25) is 5.91 Å². The number of aryl methyl sites for hydroxylation is 1. The van der Waals surface area contributed by atoms with Crippen molar-refractivity contribution < 1.29 is 4.79 Å². The van der Waals surface area contributed by atoms with Crippen molar-refractivity contribution in [2.24, 2.45) is 11.8 Å². The Morgan fingerprint density at radius 2 is 1.93 bits per heavy atom. The Balaban J connectivity index is 1.78. The van der Waals surface area contributed by atoms with Crippen molar-refractivity contribution >= 4 is 17.7 Å². The van der Waals surface area contributed by atoms with Crippen molar-refractivity contribution in [3.05, 3.63) is 47.5 Å². The Hall–Kier alpha value is -2.32. The lowest BCUT2D eigenvalue weighted by atomic mass is 9.92. The van der Waals surface area contributed by atoms with Crippen LogP contribution < -0.4 is 0 Å². The zero-order chi connectivity index (χ0) is 19.4. The number of pyridine rings is 1. The number of nitrogens with zero attached hydrogens (tertiary/aromatic N) is 3. The number of hydrogen-bond acceptors (Lipinski definition) is 4. The summed E-state index contributed by atoms with van der Waals surface area (Å²) in [7, 11) is 0. The van der Waals surface area contributed by atoms with E-state index < -0.39 is 0 Å². The fourth-order valence-electron chi connectivity index (χ4n) is 3.76. The lowest BCUT2D eigenvalue weighted by Crippen LogP contribution is -2.43. The fraction of sp³-hybridized carbons (Fsp3) is 0.409. The number of carbonyl (C=O) groups is 1. The Morgan fingerprint density at radius 1 is 1.26 bits per heavy atom. The summed E-state index contributed by atoms with van der Waals surface area (Å²) in [6.07, 6.45) is 1.18. The molecule has 0 unspecified atom stereocenters. The first kappa shape index (κ1) is 19.4. The van der Waals surface area contributed by atoms with E-state index in [1.807, 2.05) is 48.2 Å². The molecule has 1 aliphatic heterocycles. The molecule has 2 atom stereocenters. The molecular formula is C22H25N3OS. The highest BCUT2D eigenvalue weighted by Gasteiger charge is 2.25. The average molecular weight is 380 g/mol. The van der Waals surface area contributed by atoms with Gasteiger partial charge in [-0.15, -0.1) is 0 Å². The van der Waals surface area contributed by atoms with Gasteiger partial charge in [0.25, 0.3) is 0 Å². The van der Waals surface area contributed by atoms with Gasteiger partial charge in [-0.05, 0) is 36.8 Å². The van der Waals surface area contributed by atoms with E-state index in [4.69, 9.17) is 4.98 Å². The first-order chi connectivity index (χ1) is 13.0. The zero-order valence-electron chi connectivity index (χ0n) is 16.1. The third-order valence-corrected chi connectivity index (χ3v) is 5.88. The number of hydrogen-bond donors (Lipinski definition) is 0. The maximum Gasteiger partial charge on any atom is 0.233 e. The SMILES string of the molecule is Cc1cc(C#N)c(SCC(=O)N2C[C@@H](C)C[C@H](C)C2)nc1-c1ccccc1. The summed E-state index contributed by atoms with van der Waals surface area (Å²) in [5.74, 6) is 1.53. The molecule has 0 radical (unpaired) electrons. The fourth-order valence-corrected chi connectivity index (χ4v) is 4.62. The van der Waals surface area contributed by atoms with Crippen LogP contribution in [0.25, 0.3) is 11.3 Å². The van der Waals surface area contributed by atoms with Crippen LogP contribution in [0.5, 0.6) is 0 Å². The molecule has 27 heavy (non-hydrogen) atoms. The molecule has 1 amide bonds. The maximum atomic E-state index is 12.7. The number of rotatable bonds is 4. The number of benzene rings is 1. The van der Waals surface area contributed by atoms with Gasteiger partial charge in [0, 0.05) is 18.7 Å². The number of nitriles is 1. The molecule has 3 rings (SSSR count). The minimum atomic E-state index is 0.130. The van der Waals surface area contributed by atoms with E-state index >= 15 is 0 Å². The second-order valence-corrected chi connectivity index (χ2v) is 8.48. The number of amides is 1. The predicted octanol–water partition coefficient (Wildman–Crippen LogP) is 4.53. The van der Waals surface area contributed by atoms with E-state index in [2.05, 4.69) is 19.9 Å². The van der Waals surface area contributed by atoms with Gasteiger partial charge in [0.15, 0.2) is 0 Å². The van der Waals surface area contributed by atoms with Crippen LogP contribution >= 0.6 is 11.8 Å². The zero-order valence-corrected chi connectivity index (χ0v) is 16.9. The third kappa shape index (κ3) is 4.70. The van der Waals surface area contributed by atoms with E-state index in [1.165, 1.54) is 18.2 Å². The Kier molecular flexibility index (Phi) is 6.18. The van der Waals surface area contributed by atoms with Crippen LogP contribution in [-0.4, -0.2) is 34.6 Å². The molecule has 0 bridgehead atoms. The Morgan fingerprint density at radius 3 is 2.56 bits per heavy atom. The third-order valence-electron chi connectivity index (χ3n) is 4.90. The Bertz CT molecular complexity index is 850. The number of piperidine rings is 1. The molecule has 0 saturated carbocycles. The van der Waals surface area contributed by atoms with Crippen molar-refractivity contribution in [1.29, 1.82) is 5.26 Å². The number of carbonyl (C=O) groups excluding carboxylic acids is 1. The van der Waals surface area contributed by atoms with E-state index in [-0.39, 0.29) is 5.91 Å². The number of aromatic nitrogens is 1. The summed E-state index contributed by atoms with van der Waals surface area (Å²) in [4.78, 5) is 19.4. The van der Waals surface area contributed by atoms with E-state index in [9.17, 15) is 10.1 Å². The molecule has 2 aromatic rings. The van der Waals surface area contributed by atoms with Crippen molar-refractivity contribution in [3.8, 4) is 17.3 Å². The van der Waals surface area contributed by atoms with Crippen LogP contribution in [-0.2, 0) is 4.79 Å². The maximum absolute atomic E-state index is 12.7. The first-order valence-electron chi connectivity index (χ1n) is 9.35. The van der Waals surface area contributed by atoms with Gasteiger partial charge >= 0.3 is 0 Å². The van der Waals surface area contributed by atoms with Gasteiger partial charge < -0.3 is 4.90 Å². The molecule has 0 spiro atoms. The lowest BCUT2D eigenvalue weighted by Gasteiger charge is -2.35. The Labute approximate surface area is 165 Å². The quantitative estimate of drug-likeness (QED) is 0.733. The lowest BCUT2D eigenvalue weighted by molar-refractivity contribution is -0.130. The second kappa shape index (κ2) is 8.58. The summed E-state index contributed by atoms with van der Waals surface area (Å²) < 4.78 is 0. The molecule has 1 aromatic heterocycles. The molecule has 1 saturated heterocycles. The highest BCUT2D eigenvalue weighted by atomic mass is 32.2. The predicted molar refractivity (Wildman–Crippen MR) is 109 cm³/mol. The van der Waals surface area contributed by atoms with Crippen LogP contribution in [0, 0.1) is 30.1 Å². The van der Waals surface area contributed by atoms with Crippen molar-refractivity contribution in [1.82, 2.24) is 9.88 Å². The van der Waals surface area contributed by atoms with E-state index in [0.29, 0.717) is 28.2 Å². The summed E-state index contributed by atoms with van der Waals surface area (Å²) >= 11 is 1.37. The summed E-state index contributed by atoms with van der Waals surface area (Å²) in [6, 6.07) is 14.0. The minimum Gasteiger partial charge on any atom is -0.341 e. The van der Waals surface area contributed by atoms with Crippen LogP contribution in [0.15, 0.2) is 41.4 Å². The van der Waals surface area contributed by atoms with Crippen LogP contribution in [0.3, 0.4) is 0 Å². The summed E-state index contributed by atoms with van der Waals surface area (Å²) in [6.45, 7) is 8.01. The largest absolute Gasteiger partial charge is 0.341 e. The van der Waals surface area contributed by atoms with E-state index in [1.54, 1.807) is 0 Å². The number of likely N-dealkylation sites (tertiary alicyclic amines) is 1. The molecule has 4 nitrogen and oxygen atoms in total. The van der Waals surface area contributed by atoms with Gasteiger partial charge in [0.05, 0.1) is 17.0 Å². The summed E-state index contributed by atoms with van der Waals surface area (Å²) in [5, 5.41) is 10.1. The molecule has 0 aliphatic carbocycles. The van der Waals surface area contributed by atoms with Gasteiger partial charge in [-0.3, -0.25) is 4.79 Å². The summed E-state index contributed by atoms with van der Waals surface area (Å²) in [5.41, 5.74) is 3.38. The normalized spacial score (nSPS) is 19.6. The molecule has 1 fully saturated rings. The minimum absolute atomic E-state index is 0.130. The first-order valence-corrected chi connectivity index (χ1v) is 10.3. The van der Waals surface area contributed by atoms with Gasteiger partial charge in [-0.2, -0.15) is 5.26 Å². The van der Waals surface area contributed by atoms with E-state index in [0.717, 1.165) is 29.9 Å². The highest BCUT2D eigenvalue weighted by molar-refractivity contribution is 8.00. The molecule has 1 aromatic carbocycles. The van der Waals surface area contributed by atoms with Crippen molar-refractivity contribution in [2.75, 3.05) is 18.8 Å². The van der Waals surface area contributed by atoms with Gasteiger partial charge in [0.1, 0.15) is 11.1 Å². The van der Waals surface area contributed by atoms with Gasteiger partial charge in [-0.25, -0.2) is 4.98 Å². The van der Waals surface area contributed by atoms with Gasteiger partial charge in [-0.1, -0.05) is 55.9 Å². The number of thioether (sulfide) groups is 1. The standard InChI is InChI=1S/C22H25N3OS/c1-15-9-16(2)13-25(12-15)20(26)14-27-22-19(11-23)10-17(3)21(24-22)18-7-5-4-6-8-18/h4-8,10,15-16H,9,12-14H2,1-3H3/t15-,16-/m0/s1. The molecular weight excluding hydrogens is 354 g/mol.